The molecule has 0 unspecified atom stereocenters. The largest absolute Gasteiger partial charge is 0.344 e. The molecule has 1 nitrogen and oxygen atoms in total. The van der Waals surface area contributed by atoms with Gasteiger partial charge in [0, 0.05) is 18.4 Å². The van der Waals surface area contributed by atoms with E-state index in [9.17, 15) is 0 Å². The van der Waals surface area contributed by atoms with Crippen LogP contribution in [0.1, 0.15) is 11.1 Å². The van der Waals surface area contributed by atoms with E-state index in [4.69, 9.17) is 0 Å². The van der Waals surface area contributed by atoms with Gasteiger partial charge < -0.3 is 4.90 Å². The Labute approximate surface area is 167 Å². The molecule has 0 radical (unpaired) electrons. The lowest BCUT2D eigenvalue weighted by Crippen LogP contribution is -2.12. The summed E-state index contributed by atoms with van der Waals surface area (Å²) in [7, 11) is 2.15. The zero-order chi connectivity index (χ0) is 19.5. The maximum atomic E-state index is 2.29. The van der Waals surface area contributed by atoms with Crippen LogP contribution in [-0.2, 0) is 0 Å². The Balaban J connectivity index is 1.65. The molecule has 28 heavy (non-hydrogen) atoms. The van der Waals surface area contributed by atoms with E-state index < -0.39 is 0 Å². The molecule has 0 heterocycles. The van der Waals surface area contributed by atoms with Crippen molar-refractivity contribution in [3.63, 3.8) is 0 Å². The van der Waals surface area contributed by atoms with E-state index in [0.29, 0.717) is 0 Å². The molecule has 0 aliphatic rings. The van der Waals surface area contributed by atoms with Gasteiger partial charge in [0.05, 0.1) is 0 Å². The third kappa shape index (κ3) is 3.57. The topological polar surface area (TPSA) is 3.24 Å². The van der Waals surface area contributed by atoms with Gasteiger partial charge in [-0.25, -0.2) is 0 Å². The first-order valence-corrected chi connectivity index (χ1v) is 9.69. The van der Waals surface area contributed by atoms with Crippen LogP contribution in [-0.4, -0.2) is 7.05 Å². The Bertz CT molecular complexity index is 993. The summed E-state index contributed by atoms with van der Waals surface area (Å²) in [6, 6.07) is 34.5. The van der Waals surface area contributed by atoms with Crippen molar-refractivity contribution in [3.05, 3.63) is 108 Å². The van der Waals surface area contributed by atoms with Gasteiger partial charge in [-0.2, -0.15) is 0 Å². The van der Waals surface area contributed by atoms with Crippen molar-refractivity contribution in [2.24, 2.45) is 0 Å². The van der Waals surface area contributed by atoms with Gasteiger partial charge in [0.2, 0.25) is 0 Å². The zero-order valence-electron chi connectivity index (χ0n) is 16.7. The van der Waals surface area contributed by atoms with Gasteiger partial charge in [0.15, 0.2) is 0 Å². The Morgan fingerprint density at radius 3 is 1.21 bits per heavy atom. The predicted octanol–water partition coefficient (Wildman–Crippen LogP) is 7.41. The molecule has 4 aromatic carbocycles. The van der Waals surface area contributed by atoms with Crippen molar-refractivity contribution in [2.45, 2.75) is 13.8 Å². The van der Waals surface area contributed by atoms with E-state index in [-0.39, 0.29) is 0 Å². The lowest BCUT2D eigenvalue weighted by molar-refractivity contribution is 1.17. The molecule has 4 aromatic rings. The van der Waals surface area contributed by atoms with Crippen molar-refractivity contribution in [3.8, 4) is 22.3 Å². The standard InChI is InChI=1S/C27H25N/c1-20-18-24(22-10-6-4-7-11-22)14-16-26(20)28(3)27-17-15-25(19-21(27)2)23-12-8-5-9-13-23/h4-19H,1-3H3. The van der Waals surface area contributed by atoms with Gasteiger partial charge in [-0.1, -0.05) is 72.8 Å². The van der Waals surface area contributed by atoms with E-state index in [1.807, 2.05) is 0 Å². The van der Waals surface area contributed by atoms with Crippen LogP contribution in [0.5, 0.6) is 0 Å². The summed E-state index contributed by atoms with van der Waals surface area (Å²) in [6.45, 7) is 4.37. The first-order valence-electron chi connectivity index (χ1n) is 9.69. The maximum absolute atomic E-state index is 2.29. The number of benzene rings is 4. The summed E-state index contributed by atoms with van der Waals surface area (Å²) in [5, 5.41) is 0. The lowest BCUT2D eigenvalue weighted by Gasteiger charge is -2.24. The van der Waals surface area contributed by atoms with Crippen molar-refractivity contribution >= 4 is 11.4 Å². The van der Waals surface area contributed by atoms with Crippen molar-refractivity contribution in [2.75, 3.05) is 11.9 Å². The number of aryl methyl sites for hydroxylation is 2. The van der Waals surface area contributed by atoms with Crippen molar-refractivity contribution in [1.82, 2.24) is 0 Å². The van der Waals surface area contributed by atoms with Crippen LogP contribution in [0.15, 0.2) is 97.1 Å². The smallest absolute Gasteiger partial charge is 0.0438 e. The van der Waals surface area contributed by atoms with Crippen LogP contribution < -0.4 is 4.90 Å². The minimum atomic E-state index is 1.23. The maximum Gasteiger partial charge on any atom is 0.0438 e. The van der Waals surface area contributed by atoms with Crippen molar-refractivity contribution in [1.29, 1.82) is 0 Å². The van der Waals surface area contributed by atoms with Crippen LogP contribution in [0, 0.1) is 13.8 Å². The predicted molar refractivity (Wildman–Crippen MR) is 121 cm³/mol. The van der Waals surface area contributed by atoms with E-state index in [1.54, 1.807) is 0 Å². The van der Waals surface area contributed by atoms with Crippen LogP contribution in [0.2, 0.25) is 0 Å². The minimum absolute atomic E-state index is 1.23. The Morgan fingerprint density at radius 1 is 0.464 bits per heavy atom. The molecule has 0 amide bonds. The highest BCUT2D eigenvalue weighted by Gasteiger charge is 2.11. The molecule has 0 aliphatic carbocycles. The van der Waals surface area contributed by atoms with Crippen LogP contribution in [0.4, 0.5) is 11.4 Å². The number of nitrogens with zero attached hydrogens (tertiary/aromatic N) is 1. The summed E-state index contributed by atoms with van der Waals surface area (Å²) >= 11 is 0. The summed E-state index contributed by atoms with van der Waals surface area (Å²) in [5.41, 5.74) is 10.0. The van der Waals surface area contributed by atoms with Crippen LogP contribution in [0.25, 0.3) is 22.3 Å². The molecule has 0 N–H and O–H groups in total. The number of rotatable bonds is 4. The second-order valence-electron chi connectivity index (χ2n) is 7.29. The zero-order valence-corrected chi connectivity index (χ0v) is 16.7. The molecule has 0 fully saturated rings. The number of anilines is 2. The average molecular weight is 364 g/mol. The normalized spacial score (nSPS) is 10.7. The molecule has 0 bridgehead atoms. The second kappa shape index (κ2) is 7.74. The molecular formula is C27H25N. The third-order valence-electron chi connectivity index (χ3n) is 5.33. The summed E-state index contributed by atoms with van der Waals surface area (Å²) in [4.78, 5) is 2.29. The molecule has 0 aliphatic heterocycles. The first kappa shape index (κ1) is 18.1. The average Bonchev–Trinajstić information content (AvgIpc) is 2.74. The fraction of sp³-hybridized carbons (Fsp3) is 0.111. The summed E-state index contributed by atoms with van der Waals surface area (Å²) in [6.07, 6.45) is 0. The van der Waals surface area contributed by atoms with Gasteiger partial charge in [-0.3, -0.25) is 0 Å². The minimum Gasteiger partial charge on any atom is -0.344 e. The van der Waals surface area contributed by atoms with E-state index in [2.05, 4.69) is 123 Å². The van der Waals surface area contributed by atoms with Gasteiger partial charge >= 0.3 is 0 Å². The Hall–Kier alpha value is -3.32. The van der Waals surface area contributed by atoms with Crippen LogP contribution in [0.3, 0.4) is 0 Å². The molecule has 138 valence electrons. The Kier molecular flexibility index (Phi) is 4.99. The van der Waals surface area contributed by atoms with Crippen molar-refractivity contribution < 1.29 is 0 Å². The monoisotopic (exact) mass is 363 g/mol. The lowest BCUT2D eigenvalue weighted by atomic mass is 10.00. The number of hydrogen-bond acceptors (Lipinski definition) is 1. The van der Waals surface area contributed by atoms with E-state index in [1.165, 1.54) is 44.8 Å². The highest BCUT2D eigenvalue weighted by Crippen LogP contribution is 2.34. The molecule has 0 aromatic heterocycles. The highest BCUT2D eigenvalue weighted by atomic mass is 15.1. The molecule has 4 rings (SSSR count). The second-order valence-corrected chi connectivity index (χ2v) is 7.29. The van der Waals surface area contributed by atoms with Gasteiger partial charge in [0.25, 0.3) is 0 Å². The number of hydrogen-bond donors (Lipinski definition) is 0. The highest BCUT2D eigenvalue weighted by molar-refractivity contribution is 5.76. The van der Waals surface area contributed by atoms with Crippen LogP contribution >= 0.6 is 0 Å². The fourth-order valence-electron chi connectivity index (χ4n) is 3.81. The Morgan fingerprint density at radius 2 is 0.857 bits per heavy atom. The molecule has 0 spiro atoms. The van der Waals surface area contributed by atoms with Gasteiger partial charge in [-0.05, 0) is 71.5 Å². The van der Waals surface area contributed by atoms with E-state index in [0.717, 1.165) is 0 Å². The third-order valence-corrected chi connectivity index (χ3v) is 5.33. The quantitative estimate of drug-likeness (QED) is 0.365. The molecule has 0 atom stereocenters. The molecular weight excluding hydrogens is 338 g/mol. The van der Waals surface area contributed by atoms with E-state index >= 15 is 0 Å². The van der Waals surface area contributed by atoms with Gasteiger partial charge in [0.1, 0.15) is 0 Å². The fourth-order valence-corrected chi connectivity index (χ4v) is 3.81. The molecule has 1 heteroatoms. The molecule has 0 saturated carbocycles. The van der Waals surface area contributed by atoms with Gasteiger partial charge in [-0.15, -0.1) is 0 Å². The summed E-state index contributed by atoms with van der Waals surface area (Å²) < 4.78 is 0. The SMILES string of the molecule is Cc1cc(-c2ccccc2)ccc1N(C)c1ccc(-c2ccccc2)cc1C. The first-order chi connectivity index (χ1) is 13.6. The molecule has 0 saturated heterocycles. The summed E-state index contributed by atoms with van der Waals surface area (Å²) in [5.74, 6) is 0.